The molecule has 0 aliphatic carbocycles. The van der Waals surface area contributed by atoms with Gasteiger partial charge in [-0.2, -0.15) is 0 Å². The van der Waals surface area contributed by atoms with Crippen molar-refractivity contribution in [3.63, 3.8) is 0 Å². The minimum Gasteiger partial charge on any atom is -0.493 e. The normalized spacial score (nSPS) is 10.7. The van der Waals surface area contributed by atoms with Gasteiger partial charge in [0, 0.05) is 21.8 Å². The molecule has 0 bridgehead atoms. The summed E-state index contributed by atoms with van der Waals surface area (Å²) in [5.74, 6) is 0.766. The lowest BCUT2D eigenvalue weighted by Crippen LogP contribution is -2.03. The predicted molar refractivity (Wildman–Crippen MR) is 91.5 cm³/mol. The van der Waals surface area contributed by atoms with E-state index >= 15 is 0 Å². The number of ether oxygens (including phenoxy) is 2. The van der Waals surface area contributed by atoms with Crippen molar-refractivity contribution in [3.8, 4) is 11.5 Å². The Labute approximate surface area is 137 Å². The number of methoxy groups -OCH3 is 2. The number of hydrogen-bond donors (Lipinski definition) is 1. The minimum atomic E-state index is -0.196. The van der Waals surface area contributed by atoms with E-state index in [9.17, 15) is 4.79 Å². The Morgan fingerprint density at radius 3 is 2.45 bits per heavy atom. The predicted octanol–water partition coefficient (Wildman–Crippen LogP) is 3.94. The number of benzene rings is 2. The third-order valence-electron chi connectivity index (χ3n) is 3.10. The van der Waals surface area contributed by atoms with Crippen LogP contribution in [-0.2, 0) is 0 Å². The molecule has 4 nitrogen and oxygen atoms in total. The Morgan fingerprint density at radius 1 is 1.14 bits per heavy atom. The maximum absolute atomic E-state index is 12.3. The van der Waals surface area contributed by atoms with E-state index in [0.717, 1.165) is 10.0 Å². The molecular weight excluding hydrogens is 346 g/mol. The molecule has 0 saturated heterocycles. The topological polar surface area (TPSA) is 61.5 Å². The number of halogens is 1. The molecule has 0 heterocycles. The van der Waals surface area contributed by atoms with Crippen LogP contribution in [0.25, 0.3) is 6.08 Å². The van der Waals surface area contributed by atoms with Gasteiger partial charge in [-0.15, -0.1) is 0 Å². The molecule has 0 fully saturated rings. The molecule has 2 rings (SSSR count). The molecule has 5 heteroatoms. The molecule has 0 aliphatic rings. The quantitative estimate of drug-likeness (QED) is 0.497. The van der Waals surface area contributed by atoms with E-state index in [2.05, 4.69) is 15.9 Å². The first-order chi connectivity index (χ1) is 10.5. The van der Waals surface area contributed by atoms with Crippen LogP contribution >= 0.6 is 15.9 Å². The van der Waals surface area contributed by atoms with Crippen molar-refractivity contribution in [2.24, 2.45) is 0 Å². The highest BCUT2D eigenvalue weighted by molar-refractivity contribution is 9.10. The fourth-order valence-electron chi connectivity index (χ4n) is 1.98. The van der Waals surface area contributed by atoms with Gasteiger partial charge < -0.3 is 15.2 Å². The highest BCUT2D eigenvalue weighted by Gasteiger charge is 2.13. The first-order valence-corrected chi connectivity index (χ1v) is 7.34. The van der Waals surface area contributed by atoms with Gasteiger partial charge in [-0.3, -0.25) is 4.79 Å². The molecule has 0 aromatic heterocycles. The fraction of sp³-hybridized carbons (Fsp3) is 0.118. The van der Waals surface area contributed by atoms with Gasteiger partial charge in [0.05, 0.1) is 14.2 Å². The van der Waals surface area contributed by atoms with Crippen LogP contribution in [0.5, 0.6) is 11.5 Å². The summed E-state index contributed by atoms with van der Waals surface area (Å²) in [5, 5.41) is 0. The highest BCUT2D eigenvalue weighted by Crippen LogP contribution is 2.32. The van der Waals surface area contributed by atoms with Crippen LogP contribution in [0.1, 0.15) is 15.9 Å². The molecule has 0 spiro atoms. The average Bonchev–Trinajstić information content (AvgIpc) is 2.52. The van der Waals surface area contributed by atoms with Gasteiger partial charge in [0.1, 0.15) is 0 Å². The van der Waals surface area contributed by atoms with Crippen molar-refractivity contribution in [2.75, 3.05) is 20.0 Å². The Hall–Kier alpha value is -2.27. The molecule has 0 amide bonds. The zero-order valence-electron chi connectivity index (χ0n) is 12.3. The van der Waals surface area contributed by atoms with Crippen molar-refractivity contribution in [1.29, 1.82) is 0 Å². The second-order valence-electron chi connectivity index (χ2n) is 4.55. The standard InChI is InChI=1S/C17H16BrNO3/c1-21-16-9-13(14(19)10-17(16)22-2)15(20)7-6-11-4-3-5-12(18)8-11/h3-10H,19H2,1-2H3. The van der Waals surface area contributed by atoms with Crippen LogP contribution in [0.15, 0.2) is 46.9 Å². The summed E-state index contributed by atoms with van der Waals surface area (Å²) in [6.07, 6.45) is 3.22. The van der Waals surface area contributed by atoms with Crippen LogP contribution in [0.3, 0.4) is 0 Å². The largest absolute Gasteiger partial charge is 0.493 e. The minimum absolute atomic E-state index is 0.196. The molecular formula is C17H16BrNO3. The van der Waals surface area contributed by atoms with Gasteiger partial charge in [-0.1, -0.05) is 34.1 Å². The van der Waals surface area contributed by atoms with Crippen LogP contribution in [0, 0.1) is 0 Å². The molecule has 2 aromatic carbocycles. The molecule has 0 saturated carbocycles. The summed E-state index contributed by atoms with van der Waals surface area (Å²) in [6, 6.07) is 10.8. The van der Waals surface area contributed by atoms with E-state index in [0.29, 0.717) is 22.7 Å². The summed E-state index contributed by atoms with van der Waals surface area (Å²) < 4.78 is 11.3. The van der Waals surface area contributed by atoms with Gasteiger partial charge >= 0.3 is 0 Å². The van der Waals surface area contributed by atoms with Crippen LogP contribution in [-0.4, -0.2) is 20.0 Å². The number of carbonyl (C=O) groups is 1. The first-order valence-electron chi connectivity index (χ1n) is 6.54. The third-order valence-corrected chi connectivity index (χ3v) is 3.59. The lowest BCUT2D eigenvalue weighted by molar-refractivity contribution is 0.104. The Kier molecular flexibility index (Phi) is 5.22. The van der Waals surface area contributed by atoms with E-state index in [1.54, 1.807) is 18.2 Å². The SMILES string of the molecule is COc1cc(N)c(C(=O)C=Cc2cccc(Br)c2)cc1OC. The van der Waals surface area contributed by atoms with Crippen molar-refractivity contribution in [1.82, 2.24) is 0 Å². The van der Waals surface area contributed by atoms with E-state index in [4.69, 9.17) is 15.2 Å². The second-order valence-corrected chi connectivity index (χ2v) is 5.46. The van der Waals surface area contributed by atoms with Gasteiger partial charge in [0.15, 0.2) is 17.3 Å². The summed E-state index contributed by atoms with van der Waals surface area (Å²) in [6.45, 7) is 0. The molecule has 2 N–H and O–H groups in total. The Morgan fingerprint density at radius 2 is 1.82 bits per heavy atom. The lowest BCUT2D eigenvalue weighted by Gasteiger charge is -2.10. The van der Waals surface area contributed by atoms with Crippen LogP contribution in [0.4, 0.5) is 5.69 Å². The van der Waals surface area contributed by atoms with E-state index in [1.165, 1.54) is 20.3 Å². The second kappa shape index (κ2) is 7.13. The number of hydrogen-bond acceptors (Lipinski definition) is 4. The molecule has 0 radical (unpaired) electrons. The zero-order chi connectivity index (χ0) is 16.1. The van der Waals surface area contributed by atoms with Gasteiger partial charge in [0.2, 0.25) is 0 Å². The summed E-state index contributed by atoms with van der Waals surface area (Å²) in [4.78, 5) is 12.3. The van der Waals surface area contributed by atoms with Crippen molar-refractivity contribution >= 4 is 33.5 Å². The van der Waals surface area contributed by atoms with Gasteiger partial charge in [0.25, 0.3) is 0 Å². The Bertz CT molecular complexity index is 726. The number of allylic oxidation sites excluding steroid dienone is 1. The summed E-state index contributed by atoms with van der Waals surface area (Å²) in [5.41, 5.74) is 7.56. The Balaban J connectivity index is 2.29. The number of anilines is 1. The van der Waals surface area contributed by atoms with Crippen LogP contribution < -0.4 is 15.2 Å². The summed E-state index contributed by atoms with van der Waals surface area (Å²) in [7, 11) is 3.03. The lowest BCUT2D eigenvalue weighted by atomic mass is 10.1. The zero-order valence-corrected chi connectivity index (χ0v) is 13.9. The molecule has 0 unspecified atom stereocenters. The third kappa shape index (κ3) is 3.68. The molecule has 2 aromatic rings. The molecule has 0 aliphatic heterocycles. The average molecular weight is 362 g/mol. The number of nitrogens with two attached hydrogens (primary N) is 1. The van der Waals surface area contributed by atoms with Crippen LogP contribution in [0.2, 0.25) is 0 Å². The number of nitrogen functional groups attached to an aromatic ring is 1. The fourth-order valence-corrected chi connectivity index (χ4v) is 2.40. The maximum Gasteiger partial charge on any atom is 0.188 e. The molecule has 22 heavy (non-hydrogen) atoms. The monoisotopic (exact) mass is 361 g/mol. The van der Waals surface area contributed by atoms with E-state index < -0.39 is 0 Å². The van der Waals surface area contributed by atoms with E-state index in [-0.39, 0.29) is 5.78 Å². The smallest absolute Gasteiger partial charge is 0.188 e. The maximum atomic E-state index is 12.3. The van der Waals surface area contributed by atoms with Crippen molar-refractivity contribution in [2.45, 2.75) is 0 Å². The van der Waals surface area contributed by atoms with Gasteiger partial charge in [-0.25, -0.2) is 0 Å². The van der Waals surface area contributed by atoms with Crippen molar-refractivity contribution < 1.29 is 14.3 Å². The molecule has 0 atom stereocenters. The van der Waals surface area contributed by atoms with Gasteiger partial charge in [-0.05, 0) is 29.8 Å². The first kappa shape index (κ1) is 16.1. The van der Waals surface area contributed by atoms with Crippen molar-refractivity contribution in [3.05, 3.63) is 58.1 Å². The highest BCUT2D eigenvalue weighted by atomic mass is 79.9. The molecule has 114 valence electrons. The summed E-state index contributed by atoms with van der Waals surface area (Å²) >= 11 is 3.39. The number of ketones is 1. The van der Waals surface area contributed by atoms with E-state index in [1.807, 2.05) is 24.3 Å². The number of rotatable bonds is 5. The number of carbonyl (C=O) groups excluding carboxylic acids is 1.